The van der Waals surface area contributed by atoms with E-state index in [4.69, 9.17) is 0 Å². The largest absolute Gasteiger partial charge is 0.387 e. The van der Waals surface area contributed by atoms with Gasteiger partial charge in [0.2, 0.25) is 5.91 Å². The van der Waals surface area contributed by atoms with Gasteiger partial charge in [0.25, 0.3) is 0 Å². The van der Waals surface area contributed by atoms with Gasteiger partial charge >= 0.3 is 0 Å². The smallest absolute Gasteiger partial charge is 0.241 e. The van der Waals surface area contributed by atoms with E-state index in [9.17, 15) is 4.79 Å². The number of hydrogen-bond acceptors (Lipinski definition) is 4. The molecule has 0 saturated heterocycles. The lowest BCUT2D eigenvalue weighted by molar-refractivity contribution is -0.128. The van der Waals surface area contributed by atoms with Crippen molar-refractivity contribution in [1.29, 1.82) is 0 Å². The summed E-state index contributed by atoms with van der Waals surface area (Å²) in [5.41, 5.74) is 1.77. The first kappa shape index (κ1) is 13.3. The Morgan fingerprint density at radius 2 is 1.94 bits per heavy atom. The number of pyridine rings is 1. The molecule has 0 bridgehead atoms. The molecule has 0 radical (unpaired) electrons. The fraction of sp³-hybridized carbons (Fsp3) is 0.500. The lowest BCUT2D eigenvalue weighted by Gasteiger charge is -2.19. The molecule has 2 N–H and O–H groups in total. The average molecular weight is 236 g/mol. The molecule has 5 heteroatoms. The summed E-state index contributed by atoms with van der Waals surface area (Å²) in [4.78, 5) is 17.6. The van der Waals surface area contributed by atoms with Crippen LogP contribution in [0.1, 0.15) is 13.8 Å². The minimum absolute atomic E-state index is 0.102. The fourth-order valence-electron chi connectivity index (χ4n) is 1.54. The molecule has 94 valence electrons. The highest BCUT2D eigenvalue weighted by Crippen LogP contribution is 2.11. The summed E-state index contributed by atoms with van der Waals surface area (Å²) >= 11 is 0. The highest BCUT2D eigenvalue weighted by molar-refractivity contribution is 5.80. The van der Waals surface area contributed by atoms with Crippen LogP contribution in [0.2, 0.25) is 0 Å². The summed E-state index contributed by atoms with van der Waals surface area (Å²) in [6.07, 6.45) is 3.44. The Morgan fingerprint density at radius 1 is 1.29 bits per heavy atom. The van der Waals surface area contributed by atoms with Crippen molar-refractivity contribution in [2.45, 2.75) is 13.8 Å². The van der Waals surface area contributed by atoms with E-state index < -0.39 is 0 Å². The van der Waals surface area contributed by atoms with Gasteiger partial charge < -0.3 is 15.5 Å². The van der Waals surface area contributed by atoms with E-state index in [1.54, 1.807) is 17.3 Å². The maximum atomic E-state index is 11.8. The first-order valence-corrected chi connectivity index (χ1v) is 5.85. The number of hydrogen-bond donors (Lipinski definition) is 2. The van der Waals surface area contributed by atoms with E-state index in [1.807, 2.05) is 27.0 Å². The minimum Gasteiger partial charge on any atom is -0.387 e. The molecular weight excluding hydrogens is 216 g/mol. The molecule has 0 aliphatic carbocycles. The van der Waals surface area contributed by atoms with Gasteiger partial charge in [0.1, 0.15) is 0 Å². The maximum absolute atomic E-state index is 11.8. The highest BCUT2D eigenvalue weighted by Gasteiger charge is 2.08. The van der Waals surface area contributed by atoms with Crippen molar-refractivity contribution >= 4 is 17.3 Å². The van der Waals surface area contributed by atoms with Crippen molar-refractivity contribution in [2.24, 2.45) is 0 Å². The zero-order chi connectivity index (χ0) is 12.7. The van der Waals surface area contributed by atoms with Crippen LogP contribution in [-0.4, -0.2) is 42.5 Å². The molecule has 1 aromatic heterocycles. The Kier molecular flexibility index (Phi) is 5.26. The van der Waals surface area contributed by atoms with E-state index in [2.05, 4.69) is 15.6 Å². The van der Waals surface area contributed by atoms with Crippen LogP contribution in [0, 0.1) is 0 Å². The number of nitrogens with one attached hydrogen (secondary N) is 2. The number of amides is 1. The molecule has 0 aliphatic rings. The quantitative estimate of drug-likeness (QED) is 0.784. The van der Waals surface area contributed by atoms with E-state index in [-0.39, 0.29) is 5.91 Å². The van der Waals surface area contributed by atoms with Gasteiger partial charge in [-0.2, -0.15) is 0 Å². The van der Waals surface area contributed by atoms with Crippen LogP contribution in [0.15, 0.2) is 18.5 Å². The Morgan fingerprint density at radius 3 is 2.53 bits per heavy atom. The van der Waals surface area contributed by atoms with E-state index in [0.717, 1.165) is 24.5 Å². The van der Waals surface area contributed by atoms with Gasteiger partial charge in [-0.1, -0.05) is 0 Å². The molecule has 0 aromatic carbocycles. The second-order valence-corrected chi connectivity index (χ2v) is 3.63. The van der Waals surface area contributed by atoms with Crippen molar-refractivity contribution in [3.8, 4) is 0 Å². The first-order valence-electron chi connectivity index (χ1n) is 5.85. The molecule has 17 heavy (non-hydrogen) atoms. The molecule has 5 nitrogen and oxygen atoms in total. The molecule has 1 aromatic rings. The molecule has 0 spiro atoms. The summed E-state index contributed by atoms with van der Waals surface area (Å²) in [6, 6.07) is 1.92. The van der Waals surface area contributed by atoms with Gasteiger partial charge in [0.15, 0.2) is 0 Å². The SMILES string of the molecule is CCN(CC)C(=O)CNc1cncc(NC)c1. The van der Waals surface area contributed by atoms with Gasteiger partial charge in [-0.05, 0) is 19.9 Å². The Bertz CT molecular complexity index is 363. The summed E-state index contributed by atoms with van der Waals surface area (Å²) in [7, 11) is 1.84. The third kappa shape index (κ3) is 3.94. The normalized spacial score (nSPS) is 9.82. The van der Waals surface area contributed by atoms with Gasteiger partial charge in [-0.3, -0.25) is 9.78 Å². The highest BCUT2D eigenvalue weighted by atomic mass is 16.2. The average Bonchev–Trinajstić information content (AvgIpc) is 2.38. The van der Waals surface area contributed by atoms with Crippen molar-refractivity contribution in [1.82, 2.24) is 9.88 Å². The summed E-state index contributed by atoms with van der Waals surface area (Å²) in [5.74, 6) is 0.102. The number of nitrogens with zero attached hydrogens (tertiary/aromatic N) is 2. The summed E-state index contributed by atoms with van der Waals surface area (Å²) in [6.45, 7) is 5.74. The number of carbonyl (C=O) groups is 1. The molecule has 0 fully saturated rings. The van der Waals surface area contributed by atoms with Crippen LogP contribution in [0.4, 0.5) is 11.4 Å². The molecule has 1 rings (SSSR count). The van der Waals surface area contributed by atoms with Crippen molar-refractivity contribution in [3.05, 3.63) is 18.5 Å². The molecule has 1 amide bonds. The monoisotopic (exact) mass is 236 g/mol. The fourth-order valence-corrected chi connectivity index (χ4v) is 1.54. The van der Waals surface area contributed by atoms with Crippen LogP contribution < -0.4 is 10.6 Å². The van der Waals surface area contributed by atoms with Crippen LogP contribution >= 0.6 is 0 Å². The lowest BCUT2D eigenvalue weighted by Crippen LogP contribution is -2.35. The van der Waals surface area contributed by atoms with E-state index in [0.29, 0.717) is 6.54 Å². The van der Waals surface area contributed by atoms with Gasteiger partial charge in [-0.15, -0.1) is 0 Å². The maximum Gasteiger partial charge on any atom is 0.241 e. The number of aromatic nitrogens is 1. The van der Waals surface area contributed by atoms with Gasteiger partial charge in [-0.25, -0.2) is 0 Å². The van der Waals surface area contributed by atoms with Crippen LogP contribution in [0.3, 0.4) is 0 Å². The second kappa shape index (κ2) is 6.73. The molecule has 0 aliphatic heterocycles. The standard InChI is InChI=1S/C12H20N4O/c1-4-16(5-2)12(17)9-15-11-6-10(13-3)7-14-8-11/h6-8,13,15H,4-5,9H2,1-3H3. The number of anilines is 2. The van der Waals surface area contributed by atoms with Gasteiger partial charge in [0, 0.05) is 20.1 Å². The number of likely N-dealkylation sites (N-methyl/N-ethyl adjacent to an activating group) is 1. The van der Waals surface area contributed by atoms with Crippen LogP contribution in [0.25, 0.3) is 0 Å². The second-order valence-electron chi connectivity index (χ2n) is 3.63. The third-order valence-electron chi connectivity index (χ3n) is 2.59. The third-order valence-corrected chi connectivity index (χ3v) is 2.59. The predicted molar refractivity (Wildman–Crippen MR) is 70.2 cm³/mol. The van der Waals surface area contributed by atoms with E-state index in [1.165, 1.54) is 0 Å². The minimum atomic E-state index is 0.102. The molecule has 0 atom stereocenters. The molecule has 1 heterocycles. The van der Waals surface area contributed by atoms with E-state index >= 15 is 0 Å². The van der Waals surface area contributed by atoms with Crippen LogP contribution in [0.5, 0.6) is 0 Å². The lowest BCUT2D eigenvalue weighted by atomic mass is 10.3. The van der Waals surface area contributed by atoms with Crippen molar-refractivity contribution < 1.29 is 4.79 Å². The number of rotatable bonds is 6. The number of carbonyl (C=O) groups excluding carboxylic acids is 1. The Balaban J connectivity index is 2.52. The summed E-state index contributed by atoms with van der Waals surface area (Å²) in [5, 5.41) is 6.08. The Hall–Kier alpha value is -1.78. The summed E-state index contributed by atoms with van der Waals surface area (Å²) < 4.78 is 0. The van der Waals surface area contributed by atoms with Gasteiger partial charge in [0.05, 0.1) is 30.3 Å². The molecular formula is C12H20N4O. The Labute approximate surface area is 102 Å². The molecule has 0 saturated carbocycles. The zero-order valence-electron chi connectivity index (χ0n) is 10.7. The topological polar surface area (TPSA) is 57.3 Å². The molecule has 0 unspecified atom stereocenters. The van der Waals surface area contributed by atoms with Crippen molar-refractivity contribution in [2.75, 3.05) is 37.3 Å². The predicted octanol–water partition coefficient (Wildman–Crippen LogP) is 1.40. The first-order chi connectivity index (χ1) is 8.21. The van der Waals surface area contributed by atoms with Crippen molar-refractivity contribution in [3.63, 3.8) is 0 Å². The van der Waals surface area contributed by atoms with Crippen LogP contribution in [-0.2, 0) is 4.79 Å². The zero-order valence-corrected chi connectivity index (χ0v) is 10.7.